The Morgan fingerprint density at radius 1 is 1.14 bits per heavy atom. The minimum Gasteiger partial charge on any atom is -0.279 e. The number of hydrogen-bond donors (Lipinski definition) is 1. The van der Waals surface area contributed by atoms with Crippen molar-refractivity contribution in [2.75, 3.05) is 5.43 Å². The molecular formula is C11H10N2S. The summed E-state index contributed by atoms with van der Waals surface area (Å²) >= 11 is 1.67. The van der Waals surface area contributed by atoms with Crippen molar-refractivity contribution in [1.29, 1.82) is 0 Å². The molecule has 0 saturated carbocycles. The quantitative estimate of drug-likeness (QED) is 0.600. The molecule has 1 N–H and O–H groups in total. The predicted octanol–water partition coefficient (Wildman–Crippen LogP) is 3.19. The number of rotatable bonds is 3. The Morgan fingerprint density at radius 2 is 2.00 bits per heavy atom. The zero-order valence-corrected chi connectivity index (χ0v) is 8.37. The fourth-order valence-corrected chi connectivity index (χ4v) is 1.65. The van der Waals surface area contributed by atoms with Crippen LogP contribution in [-0.4, -0.2) is 6.21 Å². The Labute approximate surface area is 86.9 Å². The van der Waals surface area contributed by atoms with E-state index in [-0.39, 0.29) is 0 Å². The molecule has 14 heavy (non-hydrogen) atoms. The monoisotopic (exact) mass is 202 g/mol. The van der Waals surface area contributed by atoms with Crippen molar-refractivity contribution in [2.45, 2.75) is 0 Å². The van der Waals surface area contributed by atoms with Crippen LogP contribution >= 0.6 is 11.3 Å². The van der Waals surface area contributed by atoms with Gasteiger partial charge in [-0.15, -0.1) is 0 Å². The fourth-order valence-electron chi connectivity index (χ4n) is 1.04. The average molecular weight is 202 g/mol. The topological polar surface area (TPSA) is 24.4 Å². The van der Waals surface area contributed by atoms with Gasteiger partial charge >= 0.3 is 0 Å². The van der Waals surface area contributed by atoms with Crippen molar-refractivity contribution in [3.05, 3.63) is 52.7 Å². The first-order valence-corrected chi connectivity index (χ1v) is 5.26. The first kappa shape index (κ1) is 8.97. The maximum atomic E-state index is 4.12. The van der Waals surface area contributed by atoms with Crippen molar-refractivity contribution < 1.29 is 0 Å². The molecule has 1 heterocycles. The smallest absolute Gasteiger partial charge is 0.0561 e. The van der Waals surface area contributed by atoms with Gasteiger partial charge in [0.2, 0.25) is 0 Å². The van der Waals surface area contributed by atoms with Gasteiger partial charge in [-0.3, -0.25) is 5.43 Å². The van der Waals surface area contributed by atoms with Crippen LogP contribution in [0.1, 0.15) is 5.56 Å². The standard InChI is InChI=1S/C11H10N2S/c1-2-4-11(5-3-1)13-12-8-10-6-7-14-9-10/h1-9,13H. The molecule has 0 unspecified atom stereocenters. The number of nitrogens with zero attached hydrogens (tertiary/aromatic N) is 1. The highest BCUT2D eigenvalue weighted by atomic mass is 32.1. The number of nitrogens with one attached hydrogen (secondary N) is 1. The molecule has 1 aromatic heterocycles. The molecule has 3 heteroatoms. The molecule has 0 radical (unpaired) electrons. The zero-order valence-electron chi connectivity index (χ0n) is 7.55. The molecule has 0 aliphatic carbocycles. The Bertz CT molecular complexity index is 392. The number of anilines is 1. The summed E-state index contributed by atoms with van der Waals surface area (Å²) in [4.78, 5) is 0. The van der Waals surface area contributed by atoms with Crippen LogP contribution in [0.4, 0.5) is 5.69 Å². The lowest BCUT2D eigenvalue weighted by Gasteiger charge is -1.96. The highest BCUT2D eigenvalue weighted by molar-refractivity contribution is 7.08. The van der Waals surface area contributed by atoms with Crippen LogP contribution in [0.25, 0.3) is 0 Å². The van der Waals surface area contributed by atoms with Crippen LogP contribution in [0.2, 0.25) is 0 Å². The van der Waals surface area contributed by atoms with Gasteiger partial charge in [0.05, 0.1) is 11.9 Å². The van der Waals surface area contributed by atoms with Gasteiger partial charge in [0, 0.05) is 5.56 Å². The Morgan fingerprint density at radius 3 is 2.71 bits per heavy atom. The summed E-state index contributed by atoms with van der Waals surface area (Å²) in [5.74, 6) is 0. The summed E-state index contributed by atoms with van der Waals surface area (Å²) in [6, 6.07) is 11.9. The number of benzene rings is 1. The molecule has 2 rings (SSSR count). The van der Waals surface area contributed by atoms with Crippen LogP contribution in [0.3, 0.4) is 0 Å². The zero-order chi connectivity index (χ0) is 9.64. The molecule has 0 saturated heterocycles. The van der Waals surface area contributed by atoms with E-state index in [9.17, 15) is 0 Å². The van der Waals surface area contributed by atoms with Crippen molar-refractivity contribution in [3.8, 4) is 0 Å². The van der Waals surface area contributed by atoms with Gasteiger partial charge in [0.15, 0.2) is 0 Å². The first-order chi connectivity index (χ1) is 6.95. The molecule has 2 aromatic rings. The highest BCUT2D eigenvalue weighted by Crippen LogP contribution is 2.05. The van der Waals surface area contributed by atoms with E-state index in [4.69, 9.17) is 0 Å². The lowest BCUT2D eigenvalue weighted by atomic mass is 10.3. The van der Waals surface area contributed by atoms with Crippen LogP contribution in [0, 0.1) is 0 Å². The highest BCUT2D eigenvalue weighted by Gasteiger charge is 1.86. The van der Waals surface area contributed by atoms with E-state index in [1.165, 1.54) is 0 Å². The van der Waals surface area contributed by atoms with Crippen molar-refractivity contribution >= 4 is 23.2 Å². The largest absolute Gasteiger partial charge is 0.279 e. The van der Waals surface area contributed by atoms with Gasteiger partial charge in [-0.05, 0) is 29.0 Å². The van der Waals surface area contributed by atoms with E-state index in [2.05, 4.69) is 15.9 Å². The second-order valence-electron chi connectivity index (χ2n) is 2.79. The molecule has 0 amide bonds. The molecule has 0 spiro atoms. The van der Waals surface area contributed by atoms with E-state index >= 15 is 0 Å². The number of hydrazone groups is 1. The Balaban J connectivity index is 1.95. The summed E-state index contributed by atoms with van der Waals surface area (Å²) in [5.41, 5.74) is 5.08. The van der Waals surface area contributed by atoms with Crippen LogP contribution in [0.15, 0.2) is 52.3 Å². The molecule has 70 valence electrons. The Kier molecular flexibility index (Phi) is 2.93. The van der Waals surface area contributed by atoms with Crippen molar-refractivity contribution in [1.82, 2.24) is 0 Å². The third-order valence-corrected chi connectivity index (χ3v) is 2.43. The number of hydrogen-bond acceptors (Lipinski definition) is 3. The molecule has 2 nitrogen and oxygen atoms in total. The SMILES string of the molecule is C(=NNc1ccccc1)c1ccsc1. The third-order valence-electron chi connectivity index (χ3n) is 1.72. The van der Waals surface area contributed by atoms with E-state index in [0.29, 0.717) is 0 Å². The minimum atomic E-state index is 0.999. The molecule has 0 aliphatic heterocycles. The normalized spacial score (nSPS) is 10.6. The summed E-state index contributed by atoms with van der Waals surface area (Å²) < 4.78 is 0. The molecule has 0 bridgehead atoms. The van der Waals surface area contributed by atoms with Crippen LogP contribution in [0.5, 0.6) is 0 Å². The second kappa shape index (κ2) is 4.58. The minimum absolute atomic E-state index is 0.999. The predicted molar refractivity (Wildman–Crippen MR) is 62.0 cm³/mol. The molecule has 0 aliphatic rings. The van der Waals surface area contributed by atoms with E-state index in [0.717, 1.165) is 11.3 Å². The van der Waals surface area contributed by atoms with E-state index < -0.39 is 0 Å². The van der Waals surface area contributed by atoms with Crippen LogP contribution < -0.4 is 5.43 Å². The van der Waals surface area contributed by atoms with Gasteiger partial charge in [0.25, 0.3) is 0 Å². The van der Waals surface area contributed by atoms with Crippen molar-refractivity contribution in [2.24, 2.45) is 5.10 Å². The van der Waals surface area contributed by atoms with Gasteiger partial charge in [-0.25, -0.2) is 0 Å². The maximum absolute atomic E-state index is 4.12. The summed E-state index contributed by atoms with van der Waals surface area (Å²) in [6.07, 6.45) is 1.81. The summed E-state index contributed by atoms with van der Waals surface area (Å²) in [5, 5.41) is 8.20. The van der Waals surface area contributed by atoms with Crippen LogP contribution in [-0.2, 0) is 0 Å². The average Bonchev–Trinajstić information content (AvgIpc) is 2.72. The van der Waals surface area contributed by atoms with Gasteiger partial charge in [-0.2, -0.15) is 16.4 Å². The first-order valence-electron chi connectivity index (χ1n) is 4.31. The summed E-state index contributed by atoms with van der Waals surface area (Å²) in [6.45, 7) is 0. The summed E-state index contributed by atoms with van der Waals surface area (Å²) in [7, 11) is 0. The Hall–Kier alpha value is -1.61. The van der Waals surface area contributed by atoms with Gasteiger partial charge in [0.1, 0.15) is 0 Å². The van der Waals surface area contributed by atoms with Crippen molar-refractivity contribution in [3.63, 3.8) is 0 Å². The lowest BCUT2D eigenvalue weighted by molar-refractivity contribution is 1.35. The van der Waals surface area contributed by atoms with Gasteiger partial charge < -0.3 is 0 Å². The molecular weight excluding hydrogens is 192 g/mol. The maximum Gasteiger partial charge on any atom is 0.0561 e. The van der Waals surface area contributed by atoms with E-state index in [1.54, 1.807) is 11.3 Å². The molecule has 0 atom stereocenters. The lowest BCUT2D eigenvalue weighted by Crippen LogP contribution is -1.88. The second-order valence-corrected chi connectivity index (χ2v) is 3.57. The molecule has 1 aromatic carbocycles. The number of para-hydroxylation sites is 1. The third kappa shape index (κ3) is 2.44. The molecule has 0 fully saturated rings. The fraction of sp³-hybridized carbons (Fsp3) is 0. The van der Waals surface area contributed by atoms with E-state index in [1.807, 2.05) is 48.0 Å². The van der Waals surface area contributed by atoms with Gasteiger partial charge in [-0.1, -0.05) is 18.2 Å². The number of thiophene rings is 1.